The molecule has 2 aromatic heterocycles. The number of halogens is 3. The Kier molecular flexibility index (Phi) is 6.40. The summed E-state index contributed by atoms with van der Waals surface area (Å²) in [5.74, 6) is -2.30. The summed E-state index contributed by atoms with van der Waals surface area (Å²) < 4.78 is 68.2. The van der Waals surface area contributed by atoms with E-state index in [1.54, 1.807) is 26.8 Å². The van der Waals surface area contributed by atoms with E-state index in [-0.39, 0.29) is 29.9 Å². The molecular formula is C23H26F3N5O4S. The van der Waals surface area contributed by atoms with Crippen molar-refractivity contribution >= 4 is 27.3 Å². The molecular weight excluding hydrogens is 499 g/mol. The molecule has 0 saturated carbocycles. The summed E-state index contributed by atoms with van der Waals surface area (Å²) in [6.07, 6.45) is -4.28. The molecule has 3 heterocycles. The number of carbonyl (C=O) groups excluding carboxylic acids is 1. The van der Waals surface area contributed by atoms with Crippen LogP contribution in [0.4, 0.5) is 18.9 Å². The van der Waals surface area contributed by atoms with Gasteiger partial charge in [-0.3, -0.25) is 14.3 Å². The molecule has 13 heteroatoms. The molecule has 0 spiro atoms. The molecule has 4 rings (SSSR count). The maximum absolute atomic E-state index is 13.7. The van der Waals surface area contributed by atoms with Gasteiger partial charge in [0.05, 0.1) is 35.2 Å². The van der Waals surface area contributed by atoms with Gasteiger partial charge in [0.25, 0.3) is 11.5 Å². The molecule has 0 unspecified atom stereocenters. The molecule has 1 aliphatic rings. The number of aromatic amines is 1. The van der Waals surface area contributed by atoms with E-state index in [0.29, 0.717) is 22.5 Å². The first kappa shape index (κ1) is 25.7. The van der Waals surface area contributed by atoms with Crippen LogP contribution in [0.5, 0.6) is 0 Å². The van der Waals surface area contributed by atoms with Crippen molar-refractivity contribution in [3.63, 3.8) is 0 Å². The normalized spacial score (nSPS) is 19.0. The number of benzene rings is 1. The molecule has 0 radical (unpaired) electrons. The van der Waals surface area contributed by atoms with Crippen LogP contribution in [0, 0.1) is 26.7 Å². The van der Waals surface area contributed by atoms with Crippen LogP contribution in [0.25, 0.3) is 5.65 Å². The van der Waals surface area contributed by atoms with Gasteiger partial charge >= 0.3 is 6.18 Å². The minimum atomic E-state index is -4.47. The van der Waals surface area contributed by atoms with Gasteiger partial charge < -0.3 is 9.88 Å². The van der Waals surface area contributed by atoms with Crippen molar-refractivity contribution in [2.24, 2.45) is 5.92 Å². The number of carbonyl (C=O) groups is 1. The van der Waals surface area contributed by atoms with E-state index in [0.717, 1.165) is 10.8 Å². The number of alkyl halides is 3. The highest BCUT2D eigenvalue weighted by Crippen LogP contribution is 2.42. The molecule has 3 aromatic rings. The van der Waals surface area contributed by atoms with Gasteiger partial charge in [0.2, 0.25) is 10.0 Å². The smallest absolute Gasteiger partial charge is 0.343 e. The molecule has 0 bridgehead atoms. The number of amides is 1. The lowest BCUT2D eigenvalue weighted by molar-refractivity contribution is -0.188. The van der Waals surface area contributed by atoms with Gasteiger partial charge in [0.15, 0.2) is 0 Å². The van der Waals surface area contributed by atoms with Crippen LogP contribution in [0.3, 0.4) is 0 Å². The van der Waals surface area contributed by atoms with Crippen LogP contribution in [0.2, 0.25) is 0 Å². The largest absolute Gasteiger partial charge is 0.391 e. The number of likely N-dealkylation sites (tertiary alicyclic amines) is 1. The van der Waals surface area contributed by atoms with Gasteiger partial charge in [-0.1, -0.05) is 11.6 Å². The number of fused-ring (bicyclic) bond motifs is 1. The van der Waals surface area contributed by atoms with Crippen LogP contribution < -0.4 is 10.3 Å². The molecule has 2 N–H and O–H groups in total. The fraction of sp³-hybridized carbons (Fsp3) is 0.435. The predicted octanol–water partition coefficient (Wildman–Crippen LogP) is 3.48. The third-order valence-corrected chi connectivity index (χ3v) is 7.08. The number of nitrogens with one attached hydrogen (secondary N) is 2. The lowest BCUT2D eigenvalue weighted by Gasteiger charge is -2.39. The zero-order valence-corrected chi connectivity index (χ0v) is 20.9. The topological polar surface area (TPSA) is 117 Å². The zero-order valence-electron chi connectivity index (χ0n) is 20.1. The van der Waals surface area contributed by atoms with Gasteiger partial charge in [-0.15, -0.1) is 0 Å². The number of aryl methyl sites for hydroxylation is 2. The van der Waals surface area contributed by atoms with Crippen molar-refractivity contribution in [2.45, 2.75) is 45.8 Å². The van der Waals surface area contributed by atoms with Crippen LogP contribution in [0.15, 0.2) is 29.1 Å². The Labute approximate surface area is 205 Å². The summed E-state index contributed by atoms with van der Waals surface area (Å²) >= 11 is 0. The number of hydrogen-bond acceptors (Lipinski definition) is 5. The summed E-state index contributed by atoms with van der Waals surface area (Å²) in [4.78, 5) is 30.7. The van der Waals surface area contributed by atoms with Crippen LogP contribution in [-0.2, 0) is 10.0 Å². The quantitative estimate of drug-likeness (QED) is 0.541. The molecule has 2 atom stereocenters. The summed E-state index contributed by atoms with van der Waals surface area (Å²) in [7, 11) is -3.72. The Hall–Kier alpha value is -3.35. The van der Waals surface area contributed by atoms with E-state index >= 15 is 0 Å². The Morgan fingerprint density at radius 2 is 1.89 bits per heavy atom. The highest BCUT2D eigenvalue weighted by Gasteiger charge is 2.46. The molecule has 1 amide bonds. The Morgan fingerprint density at radius 1 is 1.19 bits per heavy atom. The zero-order chi connectivity index (χ0) is 26.6. The second kappa shape index (κ2) is 8.95. The van der Waals surface area contributed by atoms with Gasteiger partial charge in [-0.2, -0.15) is 22.8 Å². The average molecular weight is 526 g/mol. The van der Waals surface area contributed by atoms with Crippen molar-refractivity contribution in [2.75, 3.05) is 17.5 Å². The van der Waals surface area contributed by atoms with Crippen LogP contribution in [-0.4, -0.2) is 52.8 Å². The highest BCUT2D eigenvalue weighted by atomic mass is 32.2. The number of piperidine rings is 1. The third kappa shape index (κ3) is 4.97. The first-order valence-electron chi connectivity index (χ1n) is 11.2. The van der Waals surface area contributed by atoms with E-state index in [2.05, 4.69) is 14.8 Å². The van der Waals surface area contributed by atoms with Crippen LogP contribution in [0.1, 0.15) is 51.8 Å². The number of sulfonamides is 1. The van der Waals surface area contributed by atoms with Crippen LogP contribution >= 0.6 is 0 Å². The molecule has 1 saturated heterocycles. The molecule has 0 aliphatic carbocycles. The Morgan fingerprint density at radius 3 is 2.53 bits per heavy atom. The van der Waals surface area contributed by atoms with E-state index < -0.39 is 46.0 Å². The number of rotatable bonds is 4. The summed E-state index contributed by atoms with van der Waals surface area (Å²) in [6.45, 7) is 4.80. The molecule has 1 fully saturated rings. The van der Waals surface area contributed by atoms with Gasteiger partial charge in [0, 0.05) is 23.9 Å². The van der Waals surface area contributed by atoms with E-state index in [1.807, 2.05) is 0 Å². The monoisotopic (exact) mass is 525 g/mol. The van der Waals surface area contributed by atoms with Gasteiger partial charge in [-0.05, 0) is 45.7 Å². The van der Waals surface area contributed by atoms with E-state index in [4.69, 9.17) is 0 Å². The van der Waals surface area contributed by atoms with E-state index in [9.17, 15) is 31.2 Å². The van der Waals surface area contributed by atoms with Gasteiger partial charge in [-0.25, -0.2) is 8.42 Å². The summed E-state index contributed by atoms with van der Waals surface area (Å²) in [5, 5.41) is 4.28. The maximum Gasteiger partial charge on any atom is 0.391 e. The maximum atomic E-state index is 13.7. The molecule has 1 aromatic carbocycles. The molecule has 9 nitrogen and oxygen atoms in total. The number of H-pyrrole nitrogens is 1. The second-order valence-electron chi connectivity index (χ2n) is 9.25. The van der Waals surface area contributed by atoms with Crippen molar-refractivity contribution < 1.29 is 26.4 Å². The number of nitrogens with zero attached hydrogens (tertiary/aromatic N) is 3. The van der Waals surface area contributed by atoms with Crippen molar-refractivity contribution in [3.05, 3.63) is 62.7 Å². The molecule has 1 aliphatic heterocycles. The lowest BCUT2D eigenvalue weighted by Crippen LogP contribution is -2.44. The first-order valence-corrected chi connectivity index (χ1v) is 13.1. The standard InChI is InChI=1S/C23H26F3N5O4S/c1-12-5-6-17(29-36(4,34)35)16(9-12)22(33)30-8-7-15(23(24,25)26)10-19(30)18-11-20-27-14(3)13(2)21(32)31(20)28-18/h5-6,9,11,15,19,27,29H,7-8,10H2,1-4H3/t15-,19+/m1/s1. The predicted molar refractivity (Wildman–Crippen MR) is 127 cm³/mol. The first-order chi connectivity index (χ1) is 16.7. The minimum Gasteiger partial charge on any atom is -0.343 e. The van der Waals surface area contributed by atoms with Crippen molar-refractivity contribution in [1.82, 2.24) is 19.5 Å². The molecule has 36 heavy (non-hydrogen) atoms. The van der Waals surface area contributed by atoms with Crippen molar-refractivity contribution in [1.29, 1.82) is 0 Å². The second-order valence-corrected chi connectivity index (χ2v) is 11.0. The van der Waals surface area contributed by atoms with E-state index in [1.165, 1.54) is 23.1 Å². The van der Waals surface area contributed by atoms with Crippen molar-refractivity contribution in [3.8, 4) is 0 Å². The number of aromatic nitrogens is 3. The number of hydrogen-bond donors (Lipinski definition) is 2. The fourth-order valence-electron chi connectivity index (χ4n) is 4.48. The molecule has 194 valence electrons. The summed E-state index contributed by atoms with van der Waals surface area (Å²) in [6, 6.07) is 4.94. The average Bonchev–Trinajstić information content (AvgIpc) is 3.20. The Bertz CT molecular complexity index is 1510. The Balaban J connectivity index is 1.82. The third-order valence-electron chi connectivity index (χ3n) is 6.49. The minimum absolute atomic E-state index is 0.0161. The number of anilines is 1. The SMILES string of the molecule is Cc1ccc(NS(C)(=O)=O)c(C(=O)N2CC[C@@H](C(F)(F)F)C[C@H]2c2cc3[nH]c(C)c(C)c(=O)n3n2)c1. The van der Waals surface area contributed by atoms with Gasteiger partial charge in [0.1, 0.15) is 5.65 Å². The highest BCUT2D eigenvalue weighted by molar-refractivity contribution is 7.92. The fourth-order valence-corrected chi connectivity index (χ4v) is 5.05. The summed E-state index contributed by atoms with van der Waals surface area (Å²) in [5.41, 5.74) is 1.76. The lowest BCUT2D eigenvalue weighted by atomic mass is 9.88.